The van der Waals surface area contributed by atoms with Gasteiger partial charge in [-0.2, -0.15) is 0 Å². The Morgan fingerprint density at radius 1 is 0.593 bits per heavy atom. The predicted molar refractivity (Wildman–Crippen MR) is 173 cm³/mol. The van der Waals surface area contributed by atoms with Gasteiger partial charge in [0.15, 0.2) is 12.1 Å². The highest BCUT2D eigenvalue weighted by molar-refractivity contribution is 5.88. The van der Waals surface area contributed by atoms with Gasteiger partial charge in [0.1, 0.15) is 101 Å². The Balaban J connectivity index is 1.29. The van der Waals surface area contributed by atoms with Crippen LogP contribution in [0.1, 0.15) is 0 Å². The number of hydrogen-bond acceptors (Lipinski definition) is 21. The lowest BCUT2D eigenvalue weighted by Gasteiger charge is -2.42. The van der Waals surface area contributed by atoms with Crippen LogP contribution < -0.4 is 14.9 Å². The van der Waals surface area contributed by atoms with Gasteiger partial charge < -0.3 is 99.2 Å². The van der Waals surface area contributed by atoms with E-state index in [4.69, 9.17) is 32.8 Å². The van der Waals surface area contributed by atoms with E-state index in [-0.39, 0.29) is 28.4 Å². The molecule has 21 heteroatoms. The number of ether oxygens (including phenoxy) is 6. The smallest absolute Gasteiger partial charge is 0.239 e. The van der Waals surface area contributed by atoms with Gasteiger partial charge in [0.25, 0.3) is 0 Å². The van der Waals surface area contributed by atoms with Gasteiger partial charge in [-0.1, -0.05) is 0 Å². The molecule has 6 rings (SSSR count). The van der Waals surface area contributed by atoms with Gasteiger partial charge in [-0.15, -0.1) is 0 Å². The minimum Gasteiger partial charge on any atom is -0.508 e. The summed E-state index contributed by atoms with van der Waals surface area (Å²) in [5.41, 5.74) is -1.28. The second-order valence-electron chi connectivity index (χ2n) is 12.9. The average molecular weight is 773 g/mol. The van der Waals surface area contributed by atoms with E-state index in [2.05, 4.69) is 0 Å². The van der Waals surface area contributed by atoms with Gasteiger partial charge in [0, 0.05) is 17.7 Å². The SMILES string of the molecule is O=c1c(O[C@H]2O[C@H](CO)[C@@H](O)[C@H](O)[C@H]2O)c(-c2ccc(O)cc2)oc2cc(O[C@@H]3O[C@H](CO[C@@H]4O[C@H](CO)[C@@H](O)[C@H](O)[C@H]4O)[C@@H](O)[C@H](O)[C@H]3O)cc(O)c12. The minimum absolute atomic E-state index is 0.114. The molecular weight excluding hydrogens is 732 g/mol. The molecule has 0 bridgehead atoms. The monoisotopic (exact) mass is 772 g/mol. The van der Waals surface area contributed by atoms with Crippen molar-refractivity contribution in [2.45, 2.75) is 92.1 Å². The number of rotatable bonds is 10. The third-order valence-corrected chi connectivity index (χ3v) is 9.31. The predicted octanol–water partition coefficient (Wildman–Crippen LogP) is -4.95. The molecule has 54 heavy (non-hydrogen) atoms. The largest absolute Gasteiger partial charge is 0.508 e. The second-order valence-corrected chi connectivity index (χ2v) is 12.9. The Hall–Kier alpha value is -3.75. The van der Waals surface area contributed by atoms with Crippen molar-refractivity contribution in [1.29, 1.82) is 0 Å². The van der Waals surface area contributed by atoms with Gasteiger partial charge in [-0.25, -0.2) is 0 Å². The highest BCUT2D eigenvalue weighted by Crippen LogP contribution is 2.38. The molecule has 2 aromatic carbocycles. The molecule has 3 fully saturated rings. The lowest BCUT2D eigenvalue weighted by atomic mass is 9.98. The quantitative estimate of drug-likeness (QED) is 0.0918. The molecule has 0 unspecified atom stereocenters. The van der Waals surface area contributed by atoms with Crippen molar-refractivity contribution in [1.82, 2.24) is 0 Å². The maximum atomic E-state index is 13.9. The standard InChI is InChI=1S/C33H40O21/c34-7-15-19(38)23(42)26(45)31(51-15)48-9-17-21(40)25(44)27(46)32(53-17)49-12-5-13(37)18-14(6-12)50-29(10-1-3-11(36)4-2-10)30(22(18)41)54-33-28(47)24(43)20(39)16(8-35)52-33/h1-6,15-17,19-21,23-28,31-40,42-47H,7-9H2/t15-,16-,17-,19-,20-,21-,23+,24+,25+,26-,27-,28-,31-,32-,33-/m1/s1. The first-order valence-corrected chi connectivity index (χ1v) is 16.5. The molecule has 3 saturated heterocycles. The number of aliphatic hydroxyl groups excluding tert-OH is 11. The molecule has 3 aromatic rings. The Bertz CT molecular complexity index is 1800. The van der Waals surface area contributed by atoms with E-state index in [1.807, 2.05) is 0 Å². The highest BCUT2D eigenvalue weighted by atomic mass is 16.7. The third-order valence-electron chi connectivity index (χ3n) is 9.31. The zero-order chi connectivity index (χ0) is 39.2. The van der Waals surface area contributed by atoms with Crippen molar-refractivity contribution in [3.63, 3.8) is 0 Å². The van der Waals surface area contributed by atoms with E-state index in [0.717, 1.165) is 12.1 Å². The Morgan fingerprint density at radius 3 is 1.67 bits per heavy atom. The number of phenols is 2. The lowest BCUT2D eigenvalue weighted by molar-refractivity contribution is -0.323. The molecular formula is C33H40O21. The number of benzene rings is 2. The molecule has 0 radical (unpaired) electrons. The highest BCUT2D eigenvalue weighted by Gasteiger charge is 2.48. The van der Waals surface area contributed by atoms with Gasteiger partial charge in [-0.3, -0.25) is 4.79 Å². The number of hydrogen-bond donors (Lipinski definition) is 13. The third kappa shape index (κ3) is 7.58. The summed E-state index contributed by atoms with van der Waals surface area (Å²) in [6.45, 7) is -2.19. The molecule has 1 aromatic heterocycles. The van der Waals surface area contributed by atoms with E-state index >= 15 is 0 Å². The number of aliphatic hydroxyl groups is 11. The molecule has 0 amide bonds. The molecule has 15 atom stereocenters. The average Bonchev–Trinajstić information content (AvgIpc) is 3.15. The molecule has 3 aliphatic heterocycles. The van der Waals surface area contributed by atoms with Crippen LogP contribution in [0.4, 0.5) is 0 Å². The second kappa shape index (κ2) is 16.2. The van der Waals surface area contributed by atoms with E-state index in [0.29, 0.717) is 0 Å². The van der Waals surface area contributed by atoms with Crippen molar-refractivity contribution in [3.8, 4) is 34.3 Å². The van der Waals surface area contributed by atoms with Crippen LogP contribution in [0.5, 0.6) is 23.0 Å². The van der Waals surface area contributed by atoms with E-state index < -0.39 is 134 Å². The Labute approximate surface area is 303 Å². The van der Waals surface area contributed by atoms with Crippen LogP contribution in [0.25, 0.3) is 22.3 Å². The number of fused-ring (bicyclic) bond motifs is 1. The first-order chi connectivity index (χ1) is 25.6. The van der Waals surface area contributed by atoms with Crippen molar-refractivity contribution in [3.05, 3.63) is 46.6 Å². The van der Waals surface area contributed by atoms with Crippen molar-refractivity contribution in [2.24, 2.45) is 0 Å². The van der Waals surface area contributed by atoms with E-state index in [1.54, 1.807) is 0 Å². The van der Waals surface area contributed by atoms with E-state index in [9.17, 15) is 71.2 Å². The van der Waals surface area contributed by atoms with Crippen LogP contribution in [0, 0.1) is 0 Å². The van der Waals surface area contributed by atoms with Gasteiger partial charge >= 0.3 is 0 Å². The molecule has 298 valence electrons. The summed E-state index contributed by atoms with van der Waals surface area (Å²) in [4.78, 5) is 13.9. The first-order valence-electron chi connectivity index (χ1n) is 16.5. The van der Waals surface area contributed by atoms with Crippen LogP contribution in [0.15, 0.2) is 45.6 Å². The summed E-state index contributed by atoms with van der Waals surface area (Å²) >= 11 is 0. The molecule has 0 aliphatic carbocycles. The van der Waals surface area contributed by atoms with E-state index in [1.165, 1.54) is 24.3 Å². The summed E-state index contributed by atoms with van der Waals surface area (Å²) in [5.74, 6) is -2.27. The lowest BCUT2D eigenvalue weighted by Crippen LogP contribution is -2.62. The van der Waals surface area contributed by atoms with Gasteiger partial charge in [0.2, 0.25) is 23.8 Å². The topological polar surface area (TPSA) is 349 Å². The summed E-state index contributed by atoms with van der Waals surface area (Å²) in [7, 11) is 0. The maximum absolute atomic E-state index is 13.9. The fourth-order valence-electron chi connectivity index (χ4n) is 6.20. The summed E-state index contributed by atoms with van der Waals surface area (Å²) in [6, 6.07) is 7.13. The van der Waals surface area contributed by atoms with Crippen LogP contribution >= 0.6 is 0 Å². The van der Waals surface area contributed by atoms with Crippen LogP contribution in [0.3, 0.4) is 0 Å². The summed E-state index contributed by atoms with van der Waals surface area (Å²) in [5, 5.41) is 133. The van der Waals surface area contributed by atoms with Gasteiger partial charge in [-0.05, 0) is 24.3 Å². The fraction of sp³-hybridized carbons (Fsp3) is 0.545. The number of phenolic OH excluding ortho intramolecular Hbond substituents is 2. The van der Waals surface area contributed by atoms with Crippen LogP contribution in [-0.2, 0) is 18.9 Å². The Morgan fingerprint density at radius 2 is 1.09 bits per heavy atom. The van der Waals surface area contributed by atoms with Crippen molar-refractivity contribution >= 4 is 11.0 Å². The van der Waals surface area contributed by atoms with Crippen LogP contribution in [-0.4, -0.2) is 178 Å². The summed E-state index contributed by atoms with van der Waals surface area (Å²) < 4.78 is 39.0. The molecule has 0 spiro atoms. The zero-order valence-corrected chi connectivity index (χ0v) is 27.8. The van der Waals surface area contributed by atoms with Crippen LogP contribution in [0.2, 0.25) is 0 Å². The zero-order valence-electron chi connectivity index (χ0n) is 27.8. The molecule has 3 aliphatic rings. The first kappa shape index (κ1) is 39.9. The summed E-state index contributed by atoms with van der Waals surface area (Å²) in [6.07, 6.45) is -25.9. The number of aromatic hydroxyl groups is 2. The van der Waals surface area contributed by atoms with Crippen molar-refractivity contribution < 1.29 is 99.2 Å². The molecule has 21 nitrogen and oxygen atoms in total. The fourth-order valence-corrected chi connectivity index (χ4v) is 6.20. The minimum atomic E-state index is -1.93. The normalized spacial score (nSPS) is 37.3. The van der Waals surface area contributed by atoms with Crippen molar-refractivity contribution in [2.75, 3.05) is 19.8 Å². The Kier molecular flexibility index (Phi) is 11.9. The maximum Gasteiger partial charge on any atom is 0.239 e. The molecule has 0 saturated carbocycles. The van der Waals surface area contributed by atoms with Gasteiger partial charge in [0.05, 0.1) is 19.8 Å². The molecule has 13 N–H and O–H groups in total. The molecule has 4 heterocycles.